The van der Waals surface area contributed by atoms with E-state index in [0.29, 0.717) is 6.54 Å². The number of aliphatic carboxylic acids is 1. The number of carboxylic acid groups (broad SMARTS) is 1. The molecule has 0 radical (unpaired) electrons. The number of likely N-dealkylation sites (tertiary alicyclic amines) is 1. The first-order valence-electron chi connectivity index (χ1n) is 5.10. The van der Waals surface area contributed by atoms with E-state index < -0.39 is 12.0 Å². The van der Waals surface area contributed by atoms with E-state index in [1.807, 2.05) is 6.92 Å². The van der Waals surface area contributed by atoms with Crippen LogP contribution in [0.25, 0.3) is 0 Å². The summed E-state index contributed by atoms with van der Waals surface area (Å²) in [6.07, 6.45) is 0.774. The number of nitrogens with zero attached hydrogens (tertiary/aromatic N) is 2. The molecule has 0 spiro atoms. The Labute approximate surface area is 89.7 Å². The molecule has 2 unspecified atom stereocenters. The average molecular weight is 214 g/mol. The molecule has 1 amide bonds. The van der Waals surface area contributed by atoms with Gasteiger partial charge in [-0.15, -0.1) is 0 Å². The predicted molar refractivity (Wildman–Crippen MR) is 55.5 cm³/mol. The van der Waals surface area contributed by atoms with Crippen molar-refractivity contribution in [1.82, 2.24) is 9.80 Å². The summed E-state index contributed by atoms with van der Waals surface area (Å²) in [5, 5.41) is 9.03. The predicted octanol–water partition coefficient (Wildman–Crippen LogP) is -0.130. The smallest absolute Gasteiger partial charge is 0.326 e. The van der Waals surface area contributed by atoms with E-state index in [4.69, 9.17) is 5.11 Å². The Kier molecular flexibility index (Phi) is 3.68. The van der Waals surface area contributed by atoms with Crippen LogP contribution in [0.3, 0.4) is 0 Å². The van der Waals surface area contributed by atoms with E-state index in [0.717, 1.165) is 6.42 Å². The minimum Gasteiger partial charge on any atom is -0.480 e. The maximum absolute atomic E-state index is 11.7. The minimum atomic E-state index is -0.896. The van der Waals surface area contributed by atoms with Gasteiger partial charge in [-0.25, -0.2) is 4.79 Å². The standard InChI is InChI=1S/C10H18N2O3/c1-7-4-5-12(9(7)10(14)15)8(13)6-11(2)3/h7,9H,4-6H2,1-3H3,(H,14,15). The van der Waals surface area contributed by atoms with Crippen molar-refractivity contribution in [3.05, 3.63) is 0 Å². The fraction of sp³-hybridized carbons (Fsp3) is 0.800. The Morgan fingerprint density at radius 1 is 1.47 bits per heavy atom. The molecular formula is C10H18N2O3. The lowest BCUT2D eigenvalue weighted by molar-refractivity contribution is -0.149. The van der Waals surface area contributed by atoms with Crippen LogP contribution in [-0.4, -0.2) is 60.0 Å². The Balaban J connectivity index is 2.68. The highest BCUT2D eigenvalue weighted by Gasteiger charge is 2.39. The Bertz CT molecular complexity index is 265. The highest BCUT2D eigenvalue weighted by Crippen LogP contribution is 2.24. The van der Waals surface area contributed by atoms with Crippen LogP contribution in [0.1, 0.15) is 13.3 Å². The molecule has 1 rings (SSSR count). The molecule has 5 heteroatoms. The highest BCUT2D eigenvalue weighted by molar-refractivity contribution is 5.85. The number of carbonyl (C=O) groups is 2. The quantitative estimate of drug-likeness (QED) is 0.711. The van der Waals surface area contributed by atoms with Crippen molar-refractivity contribution < 1.29 is 14.7 Å². The molecule has 0 aromatic heterocycles. The third kappa shape index (κ3) is 2.68. The molecule has 15 heavy (non-hydrogen) atoms. The highest BCUT2D eigenvalue weighted by atomic mass is 16.4. The molecule has 1 N–H and O–H groups in total. The van der Waals surface area contributed by atoms with Crippen LogP contribution in [0.5, 0.6) is 0 Å². The SMILES string of the molecule is CC1CCN(C(=O)CN(C)C)C1C(=O)O. The molecule has 0 aromatic carbocycles. The van der Waals surface area contributed by atoms with Gasteiger partial charge in [-0.1, -0.05) is 6.92 Å². The van der Waals surface area contributed by atoms with Gasteiger partial charge in [-0.05, 0) is 26.4 Å². The largest absolute Gasteiger partial charge is 0.480 e. The maximum atomic E-state index is 11.7. The summed E-state index contributed by atoms with van der Waals surface area (Å²) in [5.41, 5.74) is 0. The molecule has 1 fully saturated rings. The van der Waals surface area contributed by atoms with Gasteiger partial charge < -0.3 is 14.9 Å². The molecule has 5 nitrogen and oxygen atoms in total. The molecular weight excluding hydrogens is 196 g/mol. The monoisotopic (exact) mass is 214 g/mol. The Morgan fingerprint density at radius 3 is 2.53 bits per heavy atom. The van der Waals surface area contributed by atoms with Gasteiger partial charge in [0, 0.05) is 6.54 Å². The zero-order valence-corrected chi connectivity index (χ0v) is 9.43. The summed E-state index contributed by atoms with van der Waals surface area (Å²) >= 11 is 0. The summed E-state index contributed by atoms with van der Waals surface area (Å²) in [7, 11) is 3.60. The van der Waals surface area contributed by atoms with Crippen molar-refractivity contribution in [2.45, 2.75) is 19.4 Å². The molecule has 1 aliphatic heterocycles. The van der Waals surface area contributed by atoms with Crippen LogP contribution in [0.2, 0.25) is 0 Å². The van der Waals surface area contributed by atoms with E-state index in [-0.39, 0.29) is 18.4 Å². The molecule has 1 heterocycles. The van der Waals surface area contributed by atoms with Crippen molar-refractivity contribution >= 4 is 11.9 Å². The summed E-state index contributed by atoms with van der Waals surface area (Å²) in [6.45, 7) is 2.71. The van der Waals surface area contributed by atoms with Gasteiger partial charge in [0.2, 0.25) is 5.91 Å². The van der Waals surface area contributed by atoms with Crippen molar-refractivity contribution in [2.75, 3.05) is 27.2 Å². The second-order valence-corrected chi connectivity index (χ2v) is 4.37. The van der Waals surface area contributed by atoms with Gasteiger partial charge in [0.05, 0.1) is 6.54 Å². The normalized spacial score (nSPS) is 26.0. The second-order valence-electron chi connectivity index (χ2n) is 4.37. The van der Waals surface area contributed by atoms with E-state index in [2.05, 4.69) is 0 Å². The molecule has 1 saturated heterocycles. The summed E-state index contributed by atoms with van der Waals surface area (Å²) < 4.78 is 0. The second kappa shape index (κ2) is 4.61. The number of carbonyl (C=O) groups excluding carboxylic acids is 1. The van der Waals surface area contributed by atoms with Gasteiger partial charge in [0.1, 0.15) is 6.04 Å². The first-order chi connectivity index (χ1) is 6.93. The van der Waals surface area contributed by atoms with Crippen LogP contribution < -0.4 is 0 Å². The van der Waals surface area contributed by atoms with Gasteiger partial charge >= 0.3 is 5.97 Å². The Morgan fingerprint density at radius 2 is 2.07 bits per heavy atom. The number of hydrogen-bond donors (Lipinski definition) is 1. The van der Waals surface area contributed by atoms with E-state index in [1.54, 1.807) is 19.0 Å². The molecule has 0 saturated carbocycles. The van der Waals surface area contributed by atoms with Gasteiger partial charge in [0.15, 0.2) is 0 Å². The average Bonchev–Trinajstić information content (AvgIpc) is 2.45. The summed E-state index contributed by atoms with van der Waals surface area (Å²) in [6, 6.07) is -0.641. The molecule has 0 aromatic rings. The topological polar surface area (TPSA) is 60.9 Å². The van der Waals surface area contributed by atoms with Crippen LogP contribution in [0.15, 0.2) is 0 Å². The van der Waals surface area contributed by atoms with Crippen molar-refractivity contribution in [3.8, 4) is 0 Å². The van der Waals surface area contributed by atoms with Gasteiger partial charge in [-0.2, -0.15) is 0 Å². The lowest BCUT2D eigenvalue weighted by Crippen LogP contribution is -2.46. The molecule has 2 atom stereocenters. The minimum absolute atomic E-state index is 0.0496. The van der Waals surface area contributed by atoms with Crippen molar-refractivity contribution in [2.24, 2.45) is 5.92 Å². The third-order valence-corrected chi connectivity index (χ3v) is 2.72. The zero-order chi connectivity index (χ0) is 11.6. The maximum Gasteiger partial charge on any atom is 0.326 e. The van der Waals surface area contributed by atoms with Crippen LogP contribution in [0, 0.1) is 5.92 Å². The van der Waals surface area contributed by atoms with Crippen LogP contribution in [-0.2, 0) is 9.59 Å². The fourth-order valence-electron chi connectivity index (χ4n) is 1.96. The lowest BCUT2D eigenvalue weighted by Gasteiger charge is -2.24. The lowest BCUT2D eigenvalue weighted by atomic mass is 10.0. The van der Waals surface area contributed by atoms with E-state index in [9.17, 15) is 9.59 Å². The number of amides is 1. The van der Waals surface area contributed by atoms with Crippen LogP contribution >= 0.6 is 0 Å². The van der Waals surface area contributed by atoms with E-state index >= 15 is 0 Å². The molecule has 0 bridgehead atoms. The van der Waals surface area contributed by atoms with Crippen molar-refractivity contribution in [3.63, 3.8) is 0 Å². The summed E-state index contributed by atoms with van der Waals surface area (Å²) in [5.74, 6) is -0.947. The number of hydrogen-bond acceptors (Lipinski definition) is 3. The third-order valence-electron chi connectivity index (χ3n) is 2.72. The first-order valence-corrected chi connectivity index (χ1v) is 5.10. The molecule has 1 aliphatic rings. The fourth-order valence-corrected chi connectivity index (χ4v) is 1.96. The summed E-state index contributed by atoms with van der Waals surface area (Å²) in [4.78, 5) is 26.0. The first kappa shape index (κ1) is 12.0. The number of rotatable bonds is 3. The number of likely N-dealkylation sites (N-methyl/N-ethyl adjacent to an activating group) is 1. The van der Waals surface area contributed by atoms with E-state index in [1.165, 1.54) is 4.90 Å². The van der Waals surface area contributed by atoms with Gasteiger partial charge in [0.25, 0.3) is 0 Å². The van der Waals surface area contributed by atoms with Crippen LogP contribution in [0.4, 0.5) is 0 Å². The molecule has 86 valence electrons. The van der Waals surface area contributed by atoms with Gasteiger partial charge in [-0.3, -0.25) is 4.79 Å². The molecule has 0 aliphatic carbocycles. The Hall–Kier alpha value is -1.10. The number of carboxylic acids is 1. The zero-order valence-electron chi connectivity index (χ0n) is 9.43. The van der Waals surface area contributed by atoms with Crippen molar-refractivity contribution in [1.29, 1.82) is 0 Å².